The van der Waals surface area contributed by atoms with Crippen molar-refractivity contribution < 1.29 is 5.11 Å². The van der Waals surface area contributed by atoms with Crippen molar-refractivity contribution in [3.05, 3.63) is 30.5 Å². The first-order valence-electron chi connectivity index (χ1n) is 10.7. The van der Waals surface area contributed by atoms with Crippen LogP contribution in [0.3, 0.4) is 0 Å². The predicted molar refractivity (Wildman–Crippen MR) is 120 cm³/mol. The lowest BCUT2D eigenvalue weighted by Gasteiger charge is -2.46. The SMILES string of the molecule is Cn1cc(-c2ccc(-c3cc4nnn(C5CC(C)(C)NC(C)(C)C5)c4nn3)c(O)c2)nn1. The van der Waals surface area contributed by atoms with Crippen LogP contribution in [0.25, 0.3) is 33.7 Å². The molecule has 2 N–H and O–H groups in total. The van der Waals surface area contributed by atoms with Crippen LogP contribution in [0.15, 0.2) is 30.5 Å². The molecule has 0 unspecified atom stereocenters. The van der Waals surface area contributed by atoms with Crippen molar-refractivity contribution >= 4 is 11.2 Å². The Morgan fingerprint density at radius 1 is 0.938 bits per heavy atom. The smallest absolute Gasteiger partial charge is 0.201 e. The Kier molecular flexibility index (Phi) is 4.52. The molecule has 0 amide bonds. The van der Waals surface area contributed by atoms with Crippen molar-refractivity contribution in [2.45, 2.75) is 57.7 Å². The minimum Gasteiger partial charge on any atom is -0.507 e. The second-order valence-electron chi connectivity index (χ2n) is 9.94. The molecule has 4 heterocycles. The minimum atomic E-state index is -0.0191. The Hall–Kier alpha value is -3.40. The third-order valence-corrected chi connectivity index (χ3v) is 5.91. The molecular formula is C22H27N9O. The van der Waals surface area contributed by atoms with Gasteiger partial charge in [0.1, 0.15) is 17.0 Å². The summed E-state index contributed by atoms with van der Waals surface area (Å²) in [4.78, 5) is 0. The molecule has 10 nitrogen and oxygen atoms in total. The van der Waals surface area contributed by atoms with Gasteiger partial charge in [0.25, 0.3) is 0 Å². The van der Waals surface area contributed by atoms with Crippen molar-refractivity contribution in [2.75, 3.05) is 0 Å². The lowest BCUT2D eigenvalue weighted by molar-refractivity contribution is 0.127. The van der Waals surface area contributed by atoms with Crippen LogP contribution >= 0.6 is 0 Å². The molecule has 1 aromatic carbocycles. The Labute approximate surface area is 185 Å². The van der Waals surface area contributed by atoms with Crippen LogP contribution in [0.5, 0.6) is 5.75 Å². The van der Waals surface area contributed by atoms with Crippen molar-refractivity contribution in [3.63, 3.8) is 0 Å². The van der Waals surface area contributed by atoms with Crippen LogP contribution in [0.1, 0.15) is 46.6 Å². The Bertz CT molecular complexity index is 1290. The summed E-state index contributed by atoms with van der Waals surface area (Å²) in [6, 6.07) is 7.33. The van der Waals surface area contributed by atoms with E-state index in [4.69, 9.17) is 0 Å². The average molecular weight is 434 g/mol. The number of rotatable bonds is 3. The van der Waals surface area contributed by atoms with Crippen LogP contribution in [-0.2, 0) is 7.05 Å². The number of phenolic OH excluding ortho intramolecular Hbond substituents is 1. The van der Waals surface area contributed by atoms with Crippen molar-refractivity contribution in [2.24, 2.45) is 7.05 Å². The summed E-state index contributed by atoms with van der Waals surface area (Å²) in [5.41, 5.74) is 3.85. The van der Waals surface area contributed by atoms with Crippen molar-refractivity contribution in [1.29, 1.82) is 0 Å². The van der Waals surface area contributed by atoms with Gasteiger partial charge in [-0.3, -0.25) is 4.68 Å². The molecular weight excluding hydrogens is 406 g/mol. The molecule has 1 aliphatic rings. The Balaban J connectivity index is 1.48. The van der Waals surface area contributed by atoms with E-state index in [-0.39, 0.29) is 22.9 Å². The molecule has 0 aliphatic carbocycles. The zero-order valence-electron chi connectivity index (χ0n) is 18.9. The van der Waals surface area contributed by atoms with Crippen LogP contribution in [-0.4, -0.2) is 56.4 Å². The second-order valence-corrected chi connectivity index (χ2v) is 9.94. The van der Waals surface area contributed by atoms with E-state index in [9.17, 15) is 5.11 Å². The lowest BCUT2D eigenvalue weighted by Crippen LogP contribution is -2.58. The molecule has 5 rings (SSSR count). The Morgan fingerprint density at radius 3 is 2.34 bits per heavy atom. The summed E-state index contributed by atoms with van der Waals surface area (Å²) in [5, 5.41) is 40.0. The fraction of sp³-hybridized carbons (Fsp3) is 0.455. The number of benzene rings is 1. The van der Waals surface area contributed by atoms with E-state index >= 15 is 0 Å². The van der Waals surface area contributed by atoms with Gasteiger partial charge >= 0.3 is 0 Å². The zero-order valence-corrected chi connectivity index (χ0v) is 18.9. The third-order valence-electron chi connectivity index (χ3n) is 5.91. The van der Waals surface area contributed by atoms with Crippen LogP contribution in [0.2, 0.25) is 0 Å². The maximum atomic E-state index is 10.6. The highest BCUT2D eigenvalue weighted by atomic mass is 16.3. The molecule has 0 atom stereocenters. The topological polar surface area (TPSA) is 119 Å². The van der Waals surface area contributed by atoms with Gasteiger partial charge in [0.2, 0.25) is 5.65 Å². The summed E-state index contributed by atoms with van der Waals surface area (Å²) in [6.07, 6.45) is 3.63. The fourth-order valence-corrected chi connectivity index (χ4v) is 4.96. The van der Waals surface area contributed by atoms with E-state index in [1.807, 2.05) is 16.8 Å². The van der Waals surface area contributed by atoms with Crippen LogP contribution < -0.4 is 5.32 Å². The van der Waals surface area contributed by atoms with E-state index in [0.717, 1.165) is 18.4 Å². The van der Waals surface area contributed by atoms with E-state index < -0.39 is 0 Å². The van der Waals surface area contributed by atoms with Crippen molar-refractivity contribution in [3.8, 4) is 28.3 Å². The number of aromatic nitrogens is 8. The van der Waals surface area contributed by atoms with Gasteiger partial charge in [-0.15, -0.1) is 20.4 Å². The van der Waals surface area contributed by atoms with Gasteiger partial charge in [-0.05, 0) is 58.7 Å². The molecule has 3 aromatic heterocycles. The first kappa shape index (κ1) is 20.5. The van der Waals surface area contributed by atoms with Gasteiger partial charge in [-0.1, -0.05) is 16.5 Å². The second kappa shape index (κ2) is 7.06. The van der Waals surface area contributed by atoms with Gasteiger partial charge < -0.3 is 10.4 Å². The number of aryl methyl sites for hydroxylation is 1. The number of fused-ring (bicyclic) bond motifs is 1. The standard InChI is InChI=1S/C22H27N9O/c1-21(2)10-14(11-22(3,4)27-21)31-20-17(24-29-31)9-16(23-26-20)15-7-6-13(8-19(15)32)18-12-30(5)28-25-18/h6-9,12,14,27,32H,10-11H2,1-5H3. The summed E-state index contributed by atoms with van der Waals surface area (Å²) < 4.78 is 3.52. The van der Waals surface area contributed by atoms with Gasteiger partial charge in [0.05, 0.1) is 17.9 Å². The quantitative estimate of drug-likeness (QED) is 0.506. The maximum Gasteiger partial charge on any atom is 0.201 e. The maximum absolute atomic E-state index is 10.6. The number of aromatic hydroxyl groups is 1. The van der Waals surface area contributed by atoms with Gasteiger partial charge in [0, 0.05) is 29.3 Å². The summed E-state index contributed by atoms with van der Waals surface area (Å²) in [7, 11) is 1.80. The van der Waals surface area contributed by atoms with E-state index in [1.165, 1.54) is 0 Å². The molecule has 1 saturated heterocycles. The summed E-state index contributed by atoms with van der Waals surface area (Å²) in [6.45, 7) is 8.82. The monoisotopic (exact) mass is 433 g/mol. The first-order chi connectivity index (χ1) is 15.1. The summed E-state index contributed by atoms with van der Waals surface area (Å²) >= 11 is 0. The van der Waals surface area contributed by atoms with Crippen LogP contribution in [0.4, 0.5) is 0 Å². The molecule has 10 heteroatoms. The third kappa shape index (κ3) is 3.70. The highest BCUT2D eigenvalue weighted by molar-refractivity contribution is 5.79. The highest BCUT2D eigenvalue weighted by Gasteiger charge is 2.39. The van der Waals surface area contributed by atoms with Crippen LogP contribution in [0, 0.1) is 0 Å². The minimum absolute atomic E-state index is 0.0191. The first-order valence-corrected chi connectivity index (χ1v) is 10.7. The number of phenols is 1. The lowest BCUT2D eigenvalue weighted by atomic mass is 9.80. The van der Waals surface area contributed by atoms with Crippen molar-refractivity contribution in [1.82, 2.24) is 45.5 Å². The molecule has 0 bridgehead atoms. The number of hydrogen-bond donors (Lipinski definition) is 2. The number of piperidine rings is 1. The molecule has 4 aromatic rings. The largest absolute Gasteiger partial charge is 0.507 e. The zero-order chi connectivity index (χ0) is 22.7. The number of nitrogens with one attached hydrogen (secondary N) is 1. The molecule has 1 aliphatic heterocycles. The molecule has 0 radical (unpaired) electrons. The number of nitrogens with zero attached hydrogens (tertiary/aromatic N) is 8. The molecule has 0 spiro atoms. The van der Waals surface area contributed by atoms with E-state index in [2.05, 4.69) is 63.8 Å². The van der Waals surface area contributed by atoms with Gasteiger partial charge in [0.15, 0.2) is 0 Å². The Morgan fingerprint density at radius 2 is 1.69 bits per heavy atom. The molecule has 32 heavy (non-hydrogen) atoms. The normalized spacial score (nSPS) is 18.3. The number of hydrogen-bond acceptors (Lipinski definition) is 8. The average Bonchev–Trinajstić information content (AvgIpc) is 3.31. The molecule has 0 saturated carbocycles. The molecule has 1 fully saturated rings. The summed E-state index contributed by atoms with van der Waals surface area (Å²) in [5.74, 6) is 0.0936. The predicted octanol–water partition coefficient (Wildman–Crippen LogP) is 2.87. The fourth-order valence-electron chi connectivity index (χ4n) is 4.96. The van der Waals surface area contributed by atoms with E-state index in [0.29, 0.717) is 28.1 Å². The van der Waals surface area contributed by atoms with E-state index in [1.54, 1.807) is 30.1 Å². The van der Waals surface area contributed by atoms with Gasteiger partial charge in [-0.25, -0.2) is 4.68 Å². The molecule has 166 valence electrons. The van der Waals surface area contributed by atoms with Gasteiger partial charge in [-0.2, -0.15) is 0 Å². The highest BCUT2D eigenvalue weighted by Crippen LogP contribution is 2.37.